The number of para-hydroxylation sites is 1. The average Bonchev–Trinajstić information content (AvgIpc) is 2.38. The maximum absolute atomic E-state index is 6.86. The van der Waals surface area contributed by atoms with Gasteiger partial charge in [0.15, 0.2) is 0 Å². The molecule has 16 heavy (non-hydrogen) atoms. The Morgan fingerprint density at radius 3 is 2.75 bits per heavy atom. The maximum atomic E-state index is 6.86. The van der Waals surface area contributed by atoms with Gasteiger partial charge in [-0.05, 0) is 11.6 Å². The summed E-state index contributed by atoms with van der Waals surface area (Å²) in [6, 6.07) is 8.37. The molecule has 0 spiro atoms. The van der Waals surface area contributed by atoms with E-state index in [1.165, 1.54) is 11.3 Å². The fourth-order valence-corrected chi connectivity index (χ4v) is 2.01. The van der Waals surface area contributed by atoms with E-state index in [1.54, 1.807) is 0 Å². The van der Waals surface area contributed by atoms with Crippen LogP contribution in [0, 0.1) is 6.57 Å². The van der Waals surface area contributed by atoms with Gasteiger partial charge < -0.3 is 14.5 Å². The van der Waals surface area contributed by atoms with E-state index in [4.69, 9.17) is 11.3 Å². The maximum Gasteiger partial charge on any atom is 0.218 e. The molecule has 0 radical (unpaired) electrons. The smallest absolute Gasteiger partial charge is 0.218 e. The standard InChI is InChI=1S/C13H16N2O/c1-14-7-6-12-4-2-3-5-13(12)15-8-10-16-11-9-15/h2-5H,6-11H2. The molecule has 1 heterocycles. The zero-order valence-corrected chi connectivity index (χ0v) is 9.35. The highest BCUT2D eigenvalue weighted by atomic mass is 16.5. The van der Waals surface area contributed by atoms with Gasteiger partial charge in [0.2, 0.25) is 6.54 Å². The first-order valence-corrected chi connectivity index (χ1v) is 5.65. The van der Waals surface area contributed by atoms with Crippen LogP contribution in [0.3, 0.4) is 0 Å². The Balaban J connectivity index is 2.14. The molecule has 1 fully saturated rings. The van der Waals surface area contributed by atoms with E-state index < -0.39 is 0 Å². The Kier molecular flexibility index (Phi) is 3.79. The van der Waals surface area contributed by atoms with E-state index in [9.17, 15) is 0 Å². The number of nitrogens with zero attached hydrogens (tertiary/aromatic N) is 2. The molecule has 1 aliphatic heterocycles. The third kappa shape index (κ3) is 2.53. The van der Waals surface area contributed by atoms with E-state index >= 15 is 0 Å². The third-order valence-corrected chi connectivity index (χ3v) is 2.84. The summed E-state index contributed by atoms with van der Waals surface area (Å²) < 4.78 is 5.35. The molecule has 84 valence electrons. The minimum atomic E-state index is 0.571. The minimum Gasteiger partial charge on any atom is -0.378 e. The highest BCUT2D eigenvalue weighted by Crippen LogP contribution is 2.21. The van der Waals surface area contributed by atoms with Crippen molar-refractivity contribution in [3.05, 3.63) is 41.2 Å². The van der Waals surface area contributed by atoms with Gasteiger partial charge in [0.1, 0.15) is 0 Å². The summed E-state index contributed by atoms with van der Waals surface area (Å²) in [4.78, 5) is 5.77. The van der Waals surface area contributed by atoms with Crippen molar-refractivity contribution >= 4 is 5.69 Å². The molecule has 0 unspecified atom stereocenters. The number of rotatable bonds is 3. The lowest BCUT2D eigenvalue weighted by molar-refractivity contribution is 0.122. The van der Waals surface area contributed by atoms with E-state index in [1.807, 2.05) is 6.07 Å². The van der Waals surface area contributed by atoms with E-state index in [0.29, 0.717) is 6.54 Å². The van der Waals surface area contributed by atoms with Gasteiger partial charge in [-0.3, -0.25) is 0 Å². The SMILES string of the molecule is [C-]#[N+]CCc1ccccc1N1CCOCC1. The lowest BCUT2D eigenvalue weighted by Crippen LogP contribution is -2.36. The minimum absolute atomic E-state index is 0.571. The first kappa shape index (κ1) is 11.0. The second-order valence-electron chi connectivity index (χ2n) is 3.86. The van der Waals surface area contributed by atoms with Crippen LogP contribution in [0.4, 0.5) is 5.69 Å². The van der Waals surface area contributed by atoms with Crippen molar-refractivity contribution in [2.45, 2.75) is 6.42 Å². The average molecular weight is 216 g/mol. The van der Waals surface area contributed by atoms with E-state index in [2.05, 4.69) is 27.9 Å². The van der Waals surface area contributed by atoms with Gasteiger partial charge in [-0.2, -0.15) is 0 Å². The summed E-state index contributed by atoms with van der Waals surface area (Å²) in [6.45, 7) is 10.9. The molecular formula is C13H16N2O. The Morgan fingerprint density at radius 1 is 1.25 bits per heavy atom. The Labute approximate surface area is 96.5 Å². The van der Waals surface area contributed by atoms with Crippen LogP contribution in [-0.2, 0) is 11.2 Å². The van der Waals surface area contributed by atoms with Crippen LogP contribution in [0.15, 0.2) is 24.3 Å². The zero-order chi connectivity index (χ0) is 11.2. The molecule has 0 aliphatic carbocycles. The Morgan fingerprint density at radius 2 is 2.00 bits per heavy atom. The summed E-state index contributed by atoms with van der Waals surface area (Å²) in [5.41, 5.74) is 2.55. The highest BCUT2D eigenvalue weighted by Gasteiger charge is 2.14. The monoisotopic (exact) mass is 216 g/mol. The molecule has 0 N–H and O–H groups in total. The lowest BCUT2D eigenvalue weighted by atomic mass is 10.1. The Bertz CT molecular complexity index is 378. The summed E-state index contributed by atoms with van der Waals surface area (Å²) >= 11 is 0. The van der Waals surface area contributed by atoms with Gasteiger partial charge in [-0.1, -0.05) is 18.2 Å². The van der Waals surface area contributed by atoms with Gasteiger partial charge in [-0.15, -0.1) is 0 Å². The Hall–Kier alpha value is -1.53. The van der Waals surface area contributed by atoms with Crippen LogP contribution in [0.5, 0.6) is 0 Å². The molecule has 3 nitrogen and oxygen atoms in total. The second-order valence-corrected chi connectivity index (χ2v) is 3.86. The first-order valence-electron chi connectivity index (χ1n) is 5.65. The first-order chi connectivity index (χ1) is 7.92. The third-order valence-electron chi connectivity index (χ3n) is 2.84. The van der Waals surface area contributed by atoms with Gasteiger partial charge in [0.25, 0.3) is 0 Å². The quantitative estimate of drug-likeness (QED) is 0.719. The molecule has 3 heteroatoms. The molecular weight excluding hydrogens is 200 g/mol. The molecule has 0 amide bonds. The van der Waals surface area contributed by atoms with Crippen molar-refractivity contribution in [1.82, 2.24) is 0 Å². The van der Waals surface area contributed by atoms with Crippen LogP contribution in [0.2, 0.25) is 0 Å². The van der Waals surface area contributed by atoms with Gasteiger partial charge in [0, 0.05) is 25.2 Å². The van der Waals surface area contributed by atoms with Gasteiger partial charge in [-0.25, -0.2) is 6.57 Å². The van der Waals surface area contributed by atoms with Crippen molar-refractivity contribution in [2.75, 3.05) is 37.7 Å². The molecule has 2 rings (SSSR count). The highest BCUT2D eigenvalue weighted by molar-refractivity contribution is 5.54. The fraction of sp³-hybridized carbons (Fsp3) is 0.462. The molecule has 1 aromatic carbocycles. The molecule has 1 aromatic rings. The number of morpholine rings is 1. The van der Waals surface area contributed by atoms with Crippen molar-refractivity contribution in [3.8, 4) is 0 Å². The van der Waals surface area contributed by atoms with Crippen molar-refractivity contribution in [3.63, 3.8) is 0 Å². The molecule has 0 atom stereocenters. The van der Waals surface area contributed by atoms with Gasteiger partial charge >= 0.3 is 0 Å². The normalized spacial score (nSPS) is 15.8. The number of anilines is 1. The summed E-state index contributed by atoms with van der Waals surface area (Å²) in [5.74, 6) is 0. The number of ether oxygens (including phenoxy) is 1. The van der Waals surface area contributed by atoms with E-state index in [0.717, 1.165) is 32.7 Å². The fourth-order valence-electron chi connectivity index (χ4n) is 2.01. The summed E-state index contributed by atoms with van der Waals surface area (Å²) in [6.07, 6.45) is 0.844. The predicted octanol–water partition coefficient (Wildman–Crippen LogP) is 1.98. The van der Waals surface area contributed by atoms with Crippen LogP contribution < -0.4 is 4.90 Å². The van der Waals surface area contributed by atoms with Crippen LogP contribution in [0.1, 0.15) is 5.56 Å². The molecule has 1 aliphatic rings. The summed E-state index contributed by atoms with van der Waals surface area (Å²) in [7, 11) is 0. The second kappa shape index (κ2) is 5.53. The lowest BCUT2D eigenvalue weighted by Gasteiger charge is -2.30. The molecule has 0 bridgehead atoms. The van der Waals surface area contributed by atoms with Gasteiger partial charge in [0.05, 0.1) is 13.2 Å². The molecule has 0 aromatic heterocycles. The largest absolute Gasteiger partial charge is 0.378 e. The number of hydrogen-bond acceptors (Lipinski definition) is 2. The molecule has 1 saturated heterocycles. The van der Waals surface area contributed by atoms with E-state index in [-0.39, 0.29) is 0 Å². The van der Waals surface area contributed by atoms with Crippen LogP contribution >= 0.6 is 0 Å². The number of hydrogen-bond donors (Lipinski definition) is 0. The van der Waals surface area contributed by atoms with Crippen molar-refractivity contribution in [2.24, 2.45) is 0 Å². The van der Waals surface area contributed by atoms with Crippen molar-refractivity contribution < 1.29 is 4.74 Å². The topological polar surface area (TPSA) is 16.8 Å². The van der Waals surface area contributed by atoms with Crippen molar-refractivity contribution in [1.29, 1.82) is 0 Å². The van der Waals surface area contributed by atoms with Crippen LogP contribution in [0.25, 0.3) is 4.85 Å². The predicted molar refractivity (Wildman–Crippen MR) is 64.6 cm³/mol. The summed E-state index contributed by atoms with van der Waals surface area (Å²) in [5, 5.41) is 0. The zero-order valence-electron chi connectivity index (χ0n) is 9.35. The molecule has 0 saturated carbocycles. The van der Waals surface area contributed by atoms with Crippen LogP contribution in [-0.4, -0.2) is 32.8 Å². The number of benzene rings is 1.